The lowest BCUT2D eigenvalue weighted by molar-refractivity contribution is 0.102. The van der Waals surface area contributed by atoms with E-state index in [-0.39, 0.29) is 5.91 Å². The van der Waals surface area contributed by atoms with Gasteiger partial charge in [-0.15, -0.1) is 6.58 Å². The van der Waals surface area contributed by atoms with Crippen molar-refractivity contribution < 1.29 is 4.79 Å². The maximum absolute atomic E-state index is 12.1. The average molecular weight is 281 g/mol. The quantitative estimate of drug-likeness (QED) is 0.824. The predicted octanol–water partition coefficient (Wildman–Crippen LogP) is 3.55. The van der Waals surface area contributed by atoms with E-state index in [2.05, 4.69) is 22.2 Å². The van der Waals surface area contributed by atoms with Crippen molar-refractivity contribution in [1.29, 1.82) is 0 Å². The van der Waals surface area contributed by atoms with E-state index in [4.69, 9.17) is 0 Å². The number of carbonyl (C=O) groups excluding carboxylic acids is 1. The van der Waals surface area contributed by atoms with Crippen molar-refractivity contribution in [2.75, 3.05) is 17.2 Å². The van der Waals surface area contributed by atoms with E-state index in [0.29, 0.717) is 12.2 Å². The minimum atomic E-state index is -0.214. The number of rotatable bonds is 5. The van der Waals surface area contributed by atoms with Crippen LogP contribution in [0.5, 0.6) is 0 Å². The van der Waals surface area contributed by atoms with E-state index in [1.165, 1.54) is 5.56 Å². The van der Waals surface area contributed by atoms with Gasteiger partial charge >= 0.3 is 0 Å². The van der Waals surface area contributed by atoms with E-state index in [0.717, 1.165) is 16.9 Å². The smallest absolute Gasteiger partial charge is 0.274 e. The van der Waals surface area contributed by atoms with Crippen molar-refractivity contribution in [2.45, 2.75) is 13.8 Å². The summed E-state index contributed by atoms with van der Waals surface area (Å²) in [6.07, 6.45) is 3.40. The highest BCUT2D eigenvalue weighted by Crippen LogP contribution is 2.15. The number of pyridine rings is 1. The fourth-order valence-electron chi connectivity index (χ4n) is 1.84. The Balaban J connectivity index is 2.05. The molecule has 0 saturated heterocycles. The van der Waals surface area contributed by atoms with Gasteiger partial charge in [-0.05, 0) is 49.2 Å². The largest absolute Gasteiger partial charge is 0.380 e. The highest BCUT2D eigenvalue weighted by Gasteiger charge is 2.08. The Labute approximate surface area is 124 Å². The molecule has 1 aromatic carbocycles. The molecule has 0 saturated carbocycles. The number of carbonyl (C=O) groups is 1. The number of anilines is 2. The van der Waals surface area contributed by atoms with Gasteiger partial charge in [0, 0.05) is 12.2 Å². The first-order chi connectivity index (χ1) is 10.1. The van der Waals surface area contributed by atoms with Crippen LogP contribution in [0.1, 0.15) is 21.6 Å². The molecule has 2 aromatic rings. The molecule has 1 amide bonds. The fraction of sp³-hybridized carbons (Fsp3) is 0.176. The fourth-order valence-corrected chi connectivity index (χ4v) is 1.84. The summed E-state index contributed by atoms with van der Waals surface area (Å²) in [6.45, 7) is 8.35. The van der Waals surface area contributed by atoms with Crippen LogP contribution in [0.25, 0.3) is 0 Å². The molecule has 0 radical (unpaired) electrons. The Bertz CT molecular complexity index is 648. The second-order valence-corrected chi connectivity index (χ2v) is 4.85. The van der Waals surface area contributed by atoms with Gasteiger partial charge in [0.1, 0.15) is 5.69 Å². The van der Waals surface area contributed by atoms with E-state index in [9.17, 15) is 4.79 Å². The Morgan fingerprint density at radius 3 is 2.57 bits per heavy atom. The summed E-state index contributed by atoms with van der Waals surface area (Å²) >= 11 is 0. The molecule has 4 heteroatoms. The summed E-state index contributed by atoms with van der Waals surface area (Å²) in [6, 6.07) is 9.35. The molecule has 1 heterocycles. The molecule has 21 heavy (non-hydrogen) atoms. The van der Waals surface area contributed by atoms with Crippen LogP contribution >= 0.6 is 0 Å². The van der Waals surface area contributed by atoms with Crippen molar-refractivity contribution in [2.24, 2.45) is 0 Å². The van der Waals surface area contributed by atoms with Crippen molar-refractivity contribution >= 4 is 17.3 Å². The van der Waals surface area contributed by atoms with Crippen LogP contribution in [0.3, 0.4) is 0 Å². The van der Waals surface area contributed by atoms with Gasteiger partial charge in [0.25, 0.3) is 5.91 Å². The van der Waals surface area contributed by atoms with E-state index in [1.54, 1.807) is 18.3 Å². The lowest BCUT2D eigenvalue weighted by Crippen LogP contribution is -2.14. The number of nitrogens with one attached hydrogen (secondary N) is 2. The highest BCUT2D eigenvalue weighted by atomic mass is 16.1. The lowest BCUT2D eigenvalue weighted by Gasteiger charge is -2.08. The molecule has 108 valence electrons. The van der Waals surface area contributed by atoms with E-state index >= 15 is 0 Å². The van der Waals surface area contributed by atoms with E-state index in [1.807, 2.05) is 38.1 Å². The van der Waals surface area contributed by atoms with Crippen molar-refractivity contribution in [3.8, 4) is 0 Å². The molecular weight excluding hydrogens is 262 g/mol. The average Bonchev–Trinajstić information content (AvgIpc) is 2.49. The minimum Gasteiger partial charge on any atom is -0.380 e. The van der Waals surface area contributed by atoms with Gasteiger partial charge in [-0.25, -0.2) is 4.98 Å². The van der Waals surface area contributed by atoms with Gasteiger partial charge in [-0.1, -0.05) is 12.1 Å². The van der Waals surface area contributed by atoms with Crippen molar-refractivity contribution in [1.82, 2.24) is 4.98 Å². The molecule has 0 fully saturated rings. The SMILES string of the molecule is C=CCNc1ccc(C(=O)Nc2ccc(C)c(C)c2)nc1. The van der Waals surface area contributed by atoms with Crippen molar-refractivity contribution in [3.63, 3.8) is 0 Å². The van der Waals surface area contributed by atoms with Gasteiger partial charge < -0.3 is 10.6 Å². The zero-order valence-electron chi connectivity index (χ0n) is 12.3. The van der Waals surface area contributed by atoms with E-state index < -0.39 is 0 Å². The standard InChI is InChI=1S/C17H19N3O/c1-4-9-18-15-7-8-16(19-11-15)17(21)20-14-6-5-12(2)13(3)10-14/h4-8,10-11,18H,1,9H2,2-3H3,(H,20,21). The minimum absolute atomic E-state index is 0.214. The third-order valence-corrected chi connectivity index (χ3v) is 3.21. The number of benzene rings is 1. The molecule has 1 aromatic heterocycles. The Morgan fingerprint density at radius 1 is 1.19 bits per heavy atom. The van der Waals surface area contributed by atoms with Crippen LogP contribution in [0.2, 0.25) is 0 Å². The van der Waals surface area contributed by atoms with Crippen LogP contribution in [-0.2, 0) is 0 Å². The van der Waals surface area contributed by atoms with Gasteiger partial charge in [0.05, 0.1) is 11.9 Å². The summed E-state index contributed by atoms with van der Waals surface area (Å²) < 4.78 is 0. The molecule has 0 unspecified atom stereocenters. The normalized spacial score (nSPS) is 10.0. The maximum atomic E-state index is 12.1. The summed E-state index contributed by atoms with van der Waals surface area (Å²) in [5, 5.41) is 5.96. The van der Waals surface area contributed by atoms with Gasteiger partial charge in [-0.2, -0.15) is 0 Å². The van der Waals surface area contributed by atoms with Gasteiger partial charge in [0.15, 0.2) is 0 Å². The van der Waals surface area contributed by atoms with Gasteiger partial charge in [-0.3, -0.25) is 4.79 Å². The summed E-state index contributed by atoms with van der Waals surface area (Å²) in [5.74, 6) is -0.214. The number of nitrogens with zero attached hydrogens (tertiary/aromatic N) is 1. The molecular formula is C17H19N3O. The molecule has 0 spiro atoms. The first-order valence-electron chi connectivity index (χ1n) is 6.79. The first kappa shape index (κ1) is 14.8. The van der Waals surface area contributed by atoms with Crippen molar-refractivity contribution in [3.05, 3.63) is 66.0 Å². The molecule has 2 N–H and O–H groups in total. The topological polar surface area (TPSA) is 54.0 Å². The number of aryl methyl sites for hydroxylation is 2. The second-order valence-electron chi connectivity index (χ2n) is 4.85. The van der Waals surface area contributed by atoms with Gasteiger partial charge in [0.2, 0.25) is 0 Å². The third-order valence-electron chi connectivity index (χ3n) is 3.21. The number of hydrogen-bond acceptors (Lipinski definition) is 3. The Hall–Kier alpha value is -2.62. The number of hydrogen-bond donors (Lipinski definition) is 2. The molecule has 0 aliphatic carbocycles. The zero-order chi connectivity index (χ0) is 15.2. The molecule has 0 atom stereocenters. The van der Waals surface area contributed by atoms with Crippen LogP contribution in [0.15, 0.2) is 49.2 Å². The first-order valence-corrected chi connectivity index (χ1v) is 6.79. The molecule has 0 aliphatic heterocycles. The zero-order valence-corrected chi connectivity index (χ0v) is 12.3. The second kappa shape index (κ2) is 6.70. The maximum Gasteiger partial charge on any atom is 0.274 e. The molecule has 0 aliphatic rings. The predicted molar refractivity (Wildman–Crippen MR) is 86.8 cm³/mol. The van der Waals surface area contributed by atoms with Crippen LogP contribution in [0.4, 0.5) is 11.4 Å². The monoisotopic (exact) mass is 281 g/mol. The van der Waals surface area contributed by atoms with Crippen LogP contribution in [0, 0.1) is 13.8 Å². The molecule has 4 nitrogen and oxygen atoms in total. The summed E-state index contributed by atoms with van der Waals surface area (Å²) in [5.41, 5.74) is 4.36. The third kappa shape index (κ3) is 3.92. The number of aromatic nitrogens is 1. The van der Waals surface area contributed by atoms with Crippen LogP contribution < -0.4 is 10.6 Å². The summed E-state index contributed by atoms with van der Waals surface area (Å²) in [4.78, 5) is 16.3. The molecule has 2 rings (SSSR count). The summed E-state index contributed by atoms with van der Waals surface area (Å²) in [7, 11) is 0. The Kier molecular flexibility index (Phi) is 4.72. The number of amides is 1. The lowest BCUT2D eigenvalue weighted by atomic mass is 10.1. The molecule has 0 bridgehead atoms. The van der Waals surface area contributed by atoms with Crippen LogP contribution in [-0.4, -0.2) is 17.4 Å². The highest BCUT2D eigenvalue weighted by molar-refractivity contribution is 6.03. The Morgan fingerprint density at radius 2 is 1.95 bits per heavy atom.